The fraction of sp³-hybridized carbons (Fsp3) is 0.286. The lowest BCUT2D eigenvalue weighted by Crippen LogP contribution is -2.25. The lowest BCUT2D eigenvalue weighted by molar-refractivity contribution is 0.0692. The Labute approximate surface area is 132 Å². The molecule has 1 heterocycles. The Kier molecular flexibility index (Phi) is 4.64. The van der Waals surface area contributed by atoms with E-state index in [2.05, 4.69) is 9.71 Å². The van der Waals surface area contributed by atoms with E-state index in [-0.39, 0.29) is 11.7 Å². The van der Waals surface area contributed by atoms with Gasteiger partial charge in [0.15, 0.2) is 5.69 Å². The molecule has 0 aliphatic rings. The fourth-order valence-corrected chi connectivity index (χ4v) is 3.77. The molecule has 0 spiro atoms. The maximum absolute atomic E-state index is 11.2. The van der Waals surface area contributed by atoms with Gasteiger partial charge in [0.2, 0.25) is 10.0 Å². The van der Waals surface area contributed by atoms with Gasteiger partial charge in [0.25, 0.3) is 0 Å². The second kappa shape index (κ2) is 6.15. The van der Waals surface area contributed by atoms with Crippen LogP contribution in [0.2, 0.25) is 0 Å². The van der Waals surface area contributed by atoms with Gasteiger partial charge in [0, 0.05) is 6.04 Å². The van der Waals surface area contributed by atoms with E-state index in [1.807, 2.05) is 0 Å². The monoisotopic (exact) mass is 340 g/mol. The van der Waals surface area contributed by atoms with Crippen LogP contribution in [-0.2, 0) is 10.0 Å². The third kappa shape index (κ3) is 3.90. The highest BCUT2D eigenvalue weighted by molar-refractivity contribution is 7.88. The van der Waals surface area contributed by atoms with Gasteiger partial charge in [0.05, 0.1) is 16.1 Å². The largest absolute Gasteiger partial charge is 0.476 e. The molecule has 2 aromatic rings. The van der Waals surface area contributed by atoms with Crippen LogP contribution in [0.5, 0.6) is 0 Å². The molecule has 0 amide bonds. The first-order chi connectivity index (χ1) is 10.2. The summed E-state index contributed by atoms with van der Waals surface area (Å²) in [5, 5.41) is 9.86. The Morgan fingerprint density at radius 3 is 2.41 bits per heavy atom. The quantitative estimate of drug-likeness (QED) is 0.871. The average Bonchev–Trinajstić information content (AvgIpc) is 2.79. The molecule has 1 atom stereocenters. The number of sulfonamides is 1. The molecule has 1 aromatic carbocycles. The van der Waals surface area contributed by atoms with Gasteiger partial charge < -0.3 is 5.11 Å². The van der Waals surface area contributed by atoms with Gasteiger partial charge in [-0.2, -0.15) is 0 Å². The molecular weight excluding hydrogens is 324 g/mol. The van der Waals surface area contributed by atoms with Crippen LogP contribution in [0.3, 0.4) is 0 Å². The maximum atomic E-state index is 11.2. The molecule has 0 radical (unpaired) electrons. The molecule has 0 fully saturated rings. The number of benzene rings is 1. The molecule has 0 aliphatic carbocycles. The fourth-order valence-electron chi connectivity index (χ4n) is 2.08. The lowest BCUT2D eigenvalue weighted by Gasteiger charge is -2.13. The summed E-state index contributed by atoms with van der Waals surface area (Å²) in [5.74, 6) is -1.06. The molecule has 0 bridgehead atoms. The van der Waals surface area contributed by atoms with Crippen molar-refractivity contribution in [2.24, 2.45) is 0 Å². The Bertz CT molecular complexity index is 795. The van der Waals surface area contributed by atoms with Crippen molar-refractivity contribution in [3.63, 3.8) is 0 Å². The molecule has 2 N–H and O–H groups in total. The summed E-state index contributed by atoms with van der Waals surface area (Å²) < 4.78 is 25.0. The van der Waals surface area contributed by atoms with Crippen molar-refractivity contribution in [3.8, 4) is 10.4 Å². The van der Waals surface area contributed by atoms with Crippen molar-refractivity contribution < 1.29 is 18.3 Å². The average molecular weight is 340 g/mol. The number of carbonyl (C=O) groups is 1. The molecule has 6 nitrogen and oxygen atoms in total. The number of rotatable bonds is 5. The van der Waals surface area contributed by atoms with Crippen LogP contribution in [0.4, 0.5) is 0 Å². The molecule has 0 saturated carbocycles. The van der Waals surface area contributed by atoms with Crippen molar-refractivity contribution in [2.75, 3.05) is 6.26 Å². The summed E-state index contributed by atoms with van der Waals surface area (Å²) in [6.45, 7) is 3.50. The zero-order valence-electron chi connectivity index (χ0n) is 12.3. The highest BCUT2D eigenvalue weighted by Gasteiger charge is 2.18. The SMILES string of the molecule is Cc1nc(C(=O)O)c(-c2ccc([C@H](C)NS(C)(=O)=O)cc2)s1. The van der Waals surface area contributed by atoms with Crippen LogP contribution < -0.4 is 4.72 Å². The molecule has 0 saturated heterocycles. The maximum Gasteiger partial charge on any atom is 0.356 e. The highest BCUT2D eigenvalue weighted by Crippen LogP contribution is 2.31. The summed E-state index contributed by atoms with van der Waals surface area (Å²) in [6, 6.07) is 6.74. The third-order valence-electron chi connectivity index (χ3n) is 3.00. The molecule has 2 rings (SSSR count). The first-order valence-electron chi connectivity index (χ1n) is 6.45. The Morgan fingerprint density at radius 2 is 1.91 bits per heavy atom. The van der Waals surface area contributed by atoms with E-state index >= 15 is 0 Å². The van der Waals surface area contributed by atoms with Gasteiger partial charge in [-0.1, -0.05) is 24.3 Å². The first kappa shape index (κ1) is 16.6. The number of carboxylic acid groups (broad SMARTS) is 1. The second-order valence-electron chi connectivity index (χ2n) is 4.95. The van der Waals surface area contributed by atoms with Gasteiger partial charge in [-0.25, -0.2) is 22.9 Å². The zero-order valence-corrected chi connectivity index (χ0v) is 14.0. The van der Waals surface area contributed by atoms with Crippen LogP contribution in [0.25, 0.3) is 10.4 Å². The van der Waals surface area contributed by atoms with Crippen LogP contribution in [0.15, 0.2) is 24.3 Å². The Balaban J connectivity index is 2.31. The standard InChI is InChI=1S/C14H16N2O4S2/c1-8(16-22(3,19)20)10-4-6-11(7-5-10)13-12(14(17)18)15-9(2)21-13/h4-8,16H,1-3H3,(H,17,18)/t8-/m0/s1. The third-order valence-corrected chi connectivity index (χ3v) is 4.80. The predicted molar refractivity (Wildman–Crippen MR) is 85.6 cm³/mol. The van der Waals surface area contributed by atoms with Crippen LogP contribution in [0, 0.1) is 6.92 Å². The minimum atomic E-state index is -3.28. The van der Waals surface area contributed by atoms with E-state index in [1.165, 1.54) is 11.3 Å². The van der Waals surface area contributed by atoms with Crippen molar-refractivity contribution in [1.82, 2.24) is 9.71 Å². The predicted octanol–water partition coefficient (Wildman–Crippen LogP) is 2.43. The summed E-state index contributed by atoms with van der Waals surface area (Å²) >= 11 is 1.32. The first-order valence-corrected chi connectivity index (χ1v) is 9.16. The number of hydrogen-bond acceptors (Lipinski definition) is 5. The molecule has 0 unspecified atom stereocenters. The molecular formula is C14H16N2O4S2. The van der Waals surface area contributed by atoms with Crippen molar-refractivity contribution in [2.45, 2.75) is 19.9 Å². The van der Waals surface area contributed by atoms with E-state index in [4.69, 9.17) is 0 Å². The summed E-state index contributed by atoms with van der Waals surface area (Å²) in [4.78, 5) is 15.8. The smallest absolute Gasteiger partial charge is 0.356 e. The highest BCUT2D eigenvalue weighted by atomic mass is 32.2. The number of carboxylic acids is 1. The van der Waals surface area contributed by atoms with Gasteiger partial charge >= 0.3 is 5.97 Å². The topological polar surface area (TPSA) is 96.4 Å². The van der Waals surface area contributed by atoms with Crippen molar-refractivity contribution >= 4 is 27.3 Å². The molecule has 0 aliphatic heterocycles. The number of aromatic nitrogens is 1. The van der Waals surface area contributed by atoms with E-state index in [0.29, 0.717) is 9.88 Å². The summed E-state index contributed by atoms with van der Waals surface area (Å²) in [5.41, 5.74) is 1.59. The number of hydrogen-bond donors (Lipinski definition) is 2. The molecule has 8 heteroatoms. The summed E-state index contributed by atoms with van der Waals surface area (Å²) in [6.07, 6.45) is 1.11. The zero-order chi connectivity index (χ0) is 16.5. The number of nitrogens with zero attached hydrogens (tertiary/aromatic N) is 1. The number of nitrogens with one attached hydrogen (secondary N) is 1. The second-order valence-corrected chi connectivity index (χ2v) is 7.93. The molecule has 22 heavy (non-hydrogen) atoms. The summed E-state index contributed by atoms with van der Waals surface area (Å²) in [7, 11) is -3.28. The number of aromatic carboxylic acids is 1. The van der Waals surface area contributed by atoms with E-state index in [9.17, 15) is 18.3 Å². The Morgan fingerprint density at radius 1 is 1.32 bits per heavy atom. The van der Waals surface area contributed by atoms with Gasteiger partial charge in [-0.15, -0.1) is 11.3 Å². The lowest BCUT2D eigenvalue weighted by atomic mass is 10.1. The Hall–Kier alpha value is -1.77. The minimum Gasteiger partial charge on any atom is -0.476 e. The number of thiazole rings is 1. The van der Waals surface area contributed by atoms with Gasteiger partial charge in [0.1, 0.15) is 0 Å². The molecule has 118 valence electrons. The van der Waals surface area contributed by atoms with Crippen LogP contribution >= 0.6 is 11.3 Å². The van der Waals surface area contributed by atoms with Crippen LogP contribution in [0.1, 0.15) is 34.0 Å². The normalized spacial score (nSPS) is 13.0. The van der Waals surface area contributed by atoms with E-state index in [0.717, 1.165) is 17.4 Å². The van der Waals surface area contributed by atoms with Crippen molar-refractivity contribution in [3.05, 3.63) is 40.5 Å². The van der Waals surface area contributed by atoms with E-state index in [1.54, 1.807) is 38.1 Å². The number of aryl methyl sites for hydroxylation is 1. The van der Waals surface area contributed by atoms with Gasteiger partial charge in [-0.05, 0) is 25.0 Å². The molecule has 1 aromatic heterocycles. The van der Waals surface area contributed by atoms with E-state index < -0.39 is 16.0 Å². The van der Waals surface area contributed by atoms with Crippen LogP contribution in [-0.4, -0.2) is 30.7 Å². The van der Waals surface area contributed by atoms with Crippen molar-refractivity contribution in [1.29, 1.82) is 0 Å². The van der Waals surface area contributed by atoms with Gasteiger partial charge in [-0.3, -0.25) is 0 Å². The minimum absolute atomic E-state index is 0.0394.